The molecular formula is C31H37N3O6S. The van der Waals surface area contributed by atoms with Crippen LogP contribution in [0.4, 0.5) is 5.69 Å². The molecule has 0 fully saturated rings. The largest absolute Gasteiger partial charge is 0.486 e. The fraction of sp³-hybridized carbons (Fsp3) is 0.355. The number of ether oxygens (including phenoxy) is 2. The molecule has 0 aromatic heterocycles. The number of rotatable bonds is 12. The minimum Gasteiger partial charge on any atom is -0.486 e. The molecular weight excluding hydrogens is 542 g/mol. The van der Waals surface area contributed by atoms with E-state index in [1.54, 1.807) is 36.4 Å². The van der Waals surface area contributed by atoms with Gasteiger partial charge in [0.05, 0.1) is 10.6 Å². The van der Waals surface area contributed by atoms with Gasteiger partial charge in [0.2, 0.25) is 11.8 Å². The maximum atomic E-state index is 14.1. The Hall–Kier alpha value is -4.05. The van der Waals surface area contributed by atoms with Crippen molar-refractivity contribution >= 4 is 27.5 Å². The van der Waals surface area contributed by atoms with E-state index >= 15 is 0 Å². The van der Waals surface area contributed by atoms with Gasteiger partial charge in [-0.25, -0.2) is 8.42 Å². The van der Waals surface area contributed by atoms with Crippen LogP contribution < -0.4 is 19.1 Å². The molecule has 4 rings (SSSR count). The van der Waals surface area contributed by atoms with Crippen LogP contribution in [0.5, 0.6) is 11.5 Å². The molecule has 0 radical (unpaired) electrons. The molecule has 218 valence electrons. The Morgan fingerprint density at radius 1 is 0.927 bits per heavy atom. The average molecular weight is 580 g/mol. The van der Waals surface area contributed by atoms with Gasteiger partial charge in [-0.2, -0.15) is 0 Å². The number of fused-ring (bicyclic) bond motifs is 1. The summed E-state index contributed by atoms with van der Waals surface area (Å²) in [5.41, 5.74) is 2.12. The van der Waals surface area contributed by atoms with Crippen molar-refractivity contribution in [3.63, 3.8) is 0 Å². The predicted octanol–water partition coefficient (Wildman–Crippen LogP) is 4.30. The first-order chi connectivity index (χ1) is 19.7. The number of benzene rings is 3. The molecule has 1 aliphatic heterocycles. The van der Waals surface area contributed by atoms with Crippen LogP contribution in [0.3, 0.4) is 0 Å². The number of sulfonamides is 1. The summed E-state index contributed by atoms with van der Waals surface area (Å²) in [7, 11) is -4.17. The fourth-order valence-corrected chi connectivity index (χ4v) is 6.16. The van der Waals surface area contributed by atoms with Crippen LogP contribution in [0, 0.1) is 6.92 Å². The highest BCUT2D eigenvalue weighted by Crippen LogP contribution is 2.36. The van der Waals surface area contributed by atoms with Crippen LogP contribution in [0.15, 0.2) is 77.7 Å². The van der Waals surface area contributed by atoms with E-state index in [0.717, 1.165) is 21.9 Å². The van der Waals surface area contributed by atoms with Gasteiger partial charge in [-0.3, -0.25) is 13.9 Å². The second-order valence-electron chi connectivity index (χ2n) is 9.88. The molecule has 3 aromatic rings. The number of aryl methyl sites for hydroxylation is 1. The predicted molar refractivity (Wildman–Crippen MR) is 158 cm³/mol. The van der Waals surface area contributed by atoms with Crippen LogP contribution in [0.1, 0.15) is 37.8 Å². The molecule has 2 amide bonds. The van der Waals surface area contributed by atoms with Gasteiger partial charge in [-0.1, -0.05) is 61.9 Å². The van der Waals surface area contributed by atoms with Gasteiger partial charge < -0.3 is 19.7 Å². The minimum absolute atomic E-state index is 0.0423. The Bertz CT molecular complexity index is 1460. The molecule has 0 spiro atoms. The van der Waals surface area contributed by atoms with Gasteiger partial charge in [-0.05, 0) is 49.6 Å². The van der Waals surface area contributed by atoms with Gasteiger partial charge in [0.1, 0.15) is 25.8 Å². The summed E-state index contributed by atoms with van der Waals surface area (Å²) in [6, 6.07) is 19.7. The van der Waals surface area contributed by atoms with E-state index in [0.29, 0.717) is 37.7 Å². The second kappa shape index (κ2) is 13.5. The lowest BCUT2D eigenvalue weighted by atomic mass is 10.1. The Morgan fingerprint density at radius 3 is 2.34 bits per heavy atom. The standard InChI is InChI=1S/C31H37N3O6S/c1-4-16-32-31(36)27(5-2)33(21-24-11-9-10-23(3)19-24)30(35)22-34(41(37,38)26-12-7-6-8-13-26)25-14-15-28-29(20-25)40-18-17-39-28/h6-15,19-20,27H,4-5,16-18,21-22H2,1-3H3,(H,32,36)/t27-/m1/s1. The third-order valence-corrected chi connectivity index (χ3v) is 8.58. The molecule has 1 heterocycles. The van der Waals surface area contributed by atoms with Gasteiger partial charge in [0.25, 0.3) is 10.0 Å². The summed E-state index contributed by atoms with van der Waals surface area (Å²) in [5.74, 6) is 0.131. The number of nitrogens with zero attached hydrogens (tertiary/aromatic N) is 2. The highest BCUT2D eigenvalue weighted by atomic mass is 32.2. The number of anilines is 1. The third kappa shape index (κ3) is 7.18. The number of amides is 2. The molecule has 0 aliphatic carbocycles. The molecule has 0 saturated heterocycles. The van der Waals surface area contributed by atoms with Crippen LogP contribution in [-0.2, 0) is 26.2 Å². The van der Waals surface area contributed by atoms with E-state index in [2.05, 4.69) is 5.32 Å². The summed E-state index contributed by atoms with van der Waals surface area (Å²) in [6.45, 7) is 6.59. The van der Waals surface area contributed by atoms with Gasteiger partial charge >= 0.3 is 0 Å². The Balaban J connectivity index is 1.75. The first-order valence-electron chi connectivity index (χ1n) is 13.8. The molecule has 0 saturated carbocycles. The van der Waals surface area contributed by atoms with Crippen molar-refractivity contribution in [3.8, 4) is 11.5 Å². The highest BCUT2D eigenvalue weighted by Gasteiger charge is 2.34. The molecule has 1 aliphatic rings. The molecule has 9 nitrogen and oxygen atoms in total. The Labute approximate surface area is 242 Å². The molecule has 41 heavy (non-hydrogen) atoms. The van der Waals surface area contributed by atoms with E-state index in [9.17, 15) is 18.0 Å². The van der Waals surface area contributed by atoms with E-state index < -0.39 is 28.5 Å². The second-order valence-corrected chi connectivity index (χ2v) is 11.7. The van der Waals surface area contributed by atoms with E-state index in [1.165, 1.54) is 17.0 Å². The van der Waals surface area contributed by atoms with Crippen molar-refractivity contribution in [1.82, 2.24) is 10.2 Å². The number of carbonyl (C=O) groups is 2. The van der Waals surface area contributed by atoms with E-state index in [4.69, 9.17) is 9.47 Å². The number of hydrogen-bond acceptors (Lipinski definition) is 6. The zero-order valence-corrected chi connectivity index (χ0v) is 24.5. The molecule has 0 unspecified atom stereocenters. The summed E-state index contributed by atoms with van der Waals surface area (Å²) >= 11 is 0. The van der Waals surface area contributed by atoms with Crippen molar-refractivity contribution in [3.05, 3.63) is 83.9 Å². The van der Waals surface area contributed by atoms with Gasteiger partial charge in [-0.15, -0.1) is 0 Å². The summed E-state index contributed by atoms with van der Waals surface area (Å²) in [4.78, 5) is 28.9. The lowest BCUT2D eigenvalue weighted by Gasteiger charge is -2.33. The van der Waals surface area contributed by atoms with Crippen molar-refractivity contribution in [2.24, 2.45) is 0 Å². The fourth-order valence-electron chi connectivity index (χ4n) is 4.73. The summed E-state index contributed by atoms with van der Waals surface area (Å²) in [6.07, 6.45) is 1.11. The zero-order valence-electron chi connectivity index (χ0n) is 23.7. The van der Waals surface area contributed by atoms with E-state index in [-0.39, 0.29) is 23.0 Å². The number of carbonyl (C=O) groups excluding carboxylic acids is 2. The average Bonchev–Trinajstić information content (AvgIpc) is 2.98. The van der Waals surface area contributed by atoms with Crippen molar-refractivity contribution in [2.75, 3.05) is 30.6 Å². The Kier molecular flexibility index (Phi) is 9.88. The number of nitrogens with one attached hydrogen (secondary N) is 1. The first kappa shape index (κ1) is 29.9. The lowest BCUT2D eigenvalue weighted by Crippen LogP contribution is -2.52. The Morgan fingerprint density at radius 2 is 1.66 bits per heavy atom. The lowest BCUT2D eigenvalue weighted by molar-refractivity contribution is -0.140. The SMILES string of the molecule is CCCNC(=O)[C@@H](CC)N(Cc1cccc(C)c1)C(=O)CN(c1ccc2c(c1)OCCO2)S(=O)(=O)c1ccccc1. The number of hydrogen-bond donors (Lipinski definition) is 1. The normalized spacial score (nSPS) is 13.2. The minimum atomic E-state index is -4.17. The first-order valence-corrected chi connectivity index (χ1v) is 15.3. The topological polar surface area (TPSA) is 105 Å². The van der Waals surface area contributed by atoms with Gasteiger partial charge in [0.15, 0.2) is 11.5 Å². The molecule has 1 atom stereocenters. The summed E-state index contributed by atoms with van der Waals surface area (Å²) in [5, 5.41) is 2.90. The van der Waals surface area contributed by atoms with Crippen LogP contribution >= 0.6 is 0 Å². The third-order valence-electron chi connectivity index (χ3n) is 6.79. The maximum absolute atomic E-state index is 14.1. The van der Waals surface area contributed by atoms with Crippen LogP contribution in [0.25, 0.3) is 0 Å². The summed E-state index contributed by atoms with van der Waals surface area (Å²) < 4.78 is 40.4. The molecule has 10 heteroatoms. The molecule has 3 aromatic carbocycles. The molecule has 1 N–H and O–H groups in total. The smallest absolute Gasteiger partial charge is 0.264 e. The van der Waals surface area contributed by atoms with Crippen LogP contribution in [0.2, 0.25) is 0 Å². The van der Waals surface area contributed by atoms with Crippen molar-refractivity contribution in [2.45, 2.75) is 51.1 Å². The monoisotopic (exact) mass is 579 g/mol. The van der Waals surface area contributed by atoms with E-state index in [1.807, 2.05) is 45.0 Å². The van der Waals surface area contributed by atoms with Gasteiger partial charge in [0, 0.05) is 19.2 Å². The highest BCUT2D eigenvalue weighted by molar-refractivity contribution is 7.92. The van der Waals surface area contributed by atoms with Crippen LogP contribution in [-0.4, -0.2) is 57.5 Å². The van der Waals surface area contributed by atoms with Crippen molar-refractivity contribution in [1.29, 1.82) is 0 Å². The maximum Gasteiger partial charge on any atom is 0.264 e. The van der Waals surface area contributed by atoms with Crippen molar-refractivity contribution < 1.29 is 27.5 Å². The molecule has 0 bridgehead atoms. The zero-order chi connectivity index (χ0) is 29.4. The quantitative estimate of drug-likeness (QED) is 0.343.